The van der Waals surface area contributed by atoms with Gasteiger partial charge in [0.05, 0.1) is 22.6 Å². The maximum Gasteiger partial charge on any atom is 0.228 e. The molecule has 0 saturated carbocycles. The van der Waals surface area contributed by atoms with E-state index in [1.54, 1.807) is 60.7 Å². The predicted octanol–water partition coefficient (Wildman–Crippen LogP) is 5.58. The molecule has 2 amide bonds. The van der Waals surface area contributed by atoms with Gasteiger partial charge in [-0.15, -0.1) is 0 Å². The molecule has 9 heteroatoms. The molecular weight excluding hydrogens is 540 g/mol. The minimum absolute atomic E-state index is 0.0769. The molecule has 4 aromatic carbocycles. The van der Waals surface area contributed by atoms with Crippen molar-refractivity contribution < 1.29 is 28.2 Å². The molecule has 0 bridgehead atoms. The number of aromatic hydroxyl groups is 2. The highest BCUT2D eigenvalue weighted by Crippen LogP contribution is 2.39. The van der Waals surface area contributed by atoms with Gasteiger partial charge < -0.3 is 20.8 Å². The topological polar surface area (TPSA) is 133 Å². The van der Waals surface area contributed by atoms with Crippen LogP contribution in [0.4, 0.5) is 11.4 Å². The van der Waals surface area contributed by atoms with Gasteiger partial charge in [0.2, 0.25) is 21.7 Å². The van der Waals surface area contributed by atoms with E-state index in [9.17, 15) is 28.2 Å². The first-order chi connectivity index (χ1) is 19.6. The van der Waals surface area contributed by atoms with E-state index in [1.807, 2.05) is 0 Å². The summed E-state index contributed by atoms with van der Waals surface area (Å²) in [5.74, 6) is -2.03. The van der Waals surface area contributed by atoms with E-state index in [0.29, 0.717) is 11.1 Å². The summed E-state index contributed by atoms with van der Waals surface area (Å²) < 4.78 is 27.7. The first-order valence-electron chi connectivity index (χ1n) is 12.5. The van der Waals surface area contributed by atoms with E-state index in [0.717, 1.165) is 11.1 Å². The van der Waals surface area contributed by atoms with Gasteiger partial charge in [0.1, 0.15) is 22.9 Å². The molecule has 0 aliphatic heterocycles. The van der Waals surface area contributed by atoms with Crippen LogP contribution in [-0.2, 0) is 32.3 Å². The molecule has 0 aliphatic carbocycles. The summed E-state index contributed by atoms with van der Waals surface area (Å²) in [5.41, 5.74) is 2.46. The van der Waals surface area contributed by atoms with Crippen LogP contribution in [0.2, 0.25) is 0 Å². The van der Waals surface area contributed by atoms with Gasteiger partial charge in [0.15, 0.2) is 0 Å². The SMILES string of the molecule is C=Cc1ccc(CC(=O)Nc2c(O)cccc2S(=O)(=O)c2cccc(O)c2NC(=O)Cc2ccc(C=C)cc2)cc1. The van der Waals surface area contributed by atoms with Crippen molar-refractivity contribution in [3.63, 3.8) is 0 Å². The van der Waals surface area contributed by atoms with Crippen LogP contribution in [0.1, 0.15) is 22.3 Å². The second-order valence-electron chi connectivity index (χ2n) is 9.15. The van der Waals surface area contributed by atoms with Crippen molar-refractivity contribution >= 4 is 45.2 Å². The molecular formula is C32H28N2O6S. The lowest BCUT2D eigenvalue weighted by Crippen LogP contribution is -2.19. The standard InChI is InChI=1S/C32H28N2O6S/c1-3-21-11-15-23(16-12-21)19-29(37)33-31-25(35)7-5-9-27(31)41(39,40)28-10-6-8-26(36)32(28)34-30(38)20-24-17-13-22(4-2)14-18-24/h3-18,35-36H,1-2,19-20H2,(H,33,37)(H,34,38). The van der Waals surface area contributed by atoms with Gasteiger partial charge in [-0.05, 0) is 46.5 Å². The van der Waals surface area contributed by atoms with E-state index in [1.165, 1.54) is 36.4 Å². The Morgan fingerprint density at radius 1 is 0.634 bits per heavy atom. The van der Waals surface area contributed by atoms with E-state index >= 15 is 0 Å². The molecule has 41 heavy (non-hydrogen) atoms. The first kappa shape index (κ1) is 28.8. The van der Waals surface area contributed by atoms with E-state index < -0.39 is 42.9 Å². The normalized spacial score (nSPS) is 10.9. The molecule has 4 rings (SSSR count). The zero-order valence-electron chi connectivity index (χ0n) is 22.0. The molecule has 0 atom stereocenters. The summed E-state index contributed by atoms with van der Waals surface area (Å²) in [7, 11) is -4.47. The number of benzene rings is 4. The Hall–Kier alpha value is -5.15. The second kappa shape index (κ2) is 12.4. The van der Waals surface area contributed by atoms with Crippen molar-refractivity contribution in [3.05, 3.63) is 120 Å². The van der Waals surface area contributed by atoms with Crippen LogP contribution < -0.4 is 10.6 Å². The number of phenols is 2. The molecule has 0 radical (unpaired) electrons. The number of hydrogen-bond acceptors (Lipinski definition) is 6. The maximum atomic E-state index is 13.9. The summed E-state index contributed by atoms with van der Waals surface area (Å²) in [6.45, 7) is 7.38. The molecule has 0 unspecified atom stereocenters. The fraction of sp³-hybridized carbons (Fsp3) is 0.0625. The van der Waals surface area contributed by atoms with Crippen molar-refractivity contribution in [1.82, 2.24) is 0 Å². The number of rotatable bonds is 10. The predicted molar refractivity (Wildman–Crippen MR) is 159 cm³/mol. The number of carbonyl (C=O) groups excluding carboxylic acids is 2. The fourth-order valence-corrected chi connectivity index (χ4v) is 5.74. The molecule has 4 N–H and O–H groups in total. The van der Waals surface area contributed by atoms with Crippen molar-refractivity contribution in [2.24, 2.45) is 0 Å². The summed E-state index contributed by atoms with van der Waals surface area (Å²) in [6.07, 6.45) is 3.18. The number of nitrogens with one attached hydrogen (secondary N) is 2. The molecule has 0 spiro atoms. The van der Waals surface area contributed by atoms with E-state index in [-0.39, 0.29) is 24.2 Å². The van der Waals surface area contributed by atoms with Gasteiger partial charge in [0, 0.05) is 0 Å². The van der Waals surface area contributed by atoms with E-state index in [4.69, 9.17) is 0 Å². The van der Waals surface area contributed by atoms with Gasteiger partial charge in [-0.2, -0.15) is 0 Å². The Bertz CT molecular complexity index is 1600. The summed E-state index contributed by atoms with van der Waals surface area (Å²) in [6, 6.07) is 21.7. The highest BCUT2D eigenvalue weighted by molar-refractivity contribution is 7.91. The molecule has 0 fully saturated rings. The van der Waals surface area contributed by atoms with Crippen molar-refractivity contribution in [1.29, 1.82) is 0 Å². The minimum Gasteiger partial charge on any atom is -0.506 e. The van der Waals surface area contributed by atoms with Gasteiger partial charge in [-0.25, -0.2) is 8.42 Å². The van der Waals surface area contributed by atoms with Crippen molar-refractivity contribution in [2.45, 2.75) is 22.6 Å². The average molecular weight is 569 g/mol. The van der Waals surface area contributed by atoms with Crippen LogP contribution in [-0.4, -0.2) is 30.4 Å². The monoisotopic (exact) mass is 568 g/mol. The third-order valence-electron chi connectivity index (χ3n) is 6.28. The average Bonchev–Trinajstić information content (AvgIpc) is 2.95. The molecule has 0 heterocycles. The van der Waals surface area contributed by atoms with Crippen molar-refractivity contribution in [2.75, 3.05) is 10.6 Å². The summed E-state index contributed by atoms with van der Waals surface area (Å²) in [5, 5.41) is 26.1. The van der Waals surface area contributed by atoms with Gasteiger partial charge in [-0.3, -0.25) is 9.59 Å². The molecule has 0 aromatic heterocycles. The number of carbonyl (C=O) groups is 2. The molecule has 8 nitrogen and oxygen atoms in total. The number of phenolic OH excluding ortho intramolecular Hbond substituents is 2. The Morgan fingerprint density at radius 3 is 1.34 bits per heavy atom. The van der Waals surface area contributed by atoms with Crippen molar-refractivity contribution in [3.8, 4) is 11.5 Å². The minimum atomic E-state index is -4.47. The van der Waals surface area contributed by atoms with Gasteiger partial charge in [0.25, 0.3) is 0 Å². The highest BCUT2D eigenvalue weighted by atomic mass is 32.2. The number of para-hydroxylation sites is 2. The zero-order valence-corrected chi connectivity index (χ0v) is 22.8. The molecule has 208 valence electrons. The van der Waals surface area contributed by atoms with Crippen LogP contribution in [0.5, 0.6) is 11.5 Å². The van der Waals surface area contributed by atoms with E-state index in [2.05, 4.69) is 23.8 Å². The number of anilines is 2. The fourth-order valence-electron chi connectivity index (χ4n) is 4.14. The summed E-state index contributed by atoms with van der Waals surface area (Å²) in [4.78, 5) is 24.9. The van der Waals surface area contributed by atoms with Crippen LogP contribution in [0.15, 0.2) is 108 Å². The van der Waals surface area contributed by atoms with Crippen LogP contribution in [0.25, 0.3) is 12.2 Å². The Balaban J connectivity index is 1.63. The maximum absolute atomic E-state index is 13.9. The number of sulfone groups is 1. The quantitative estimate of drug-likeness (QED) is 0.185. The van der Waals surface area contributed by atoms with Crippen LogP contribution >= 0.6 is 0 Å². The van der Waals surface area contributed by atoms with Crippen LogP contribution in [0, 0.1) is 0 Å². The lowest BCUT2D eigenvalue weighted by Gasteiger charge is -2.17. The lowest BCUT2D eigenvalue weighted by atomic mass is 10.1. The zero-order chi connectivity index (χ0) is 29.6. The summed E-state index contributed by atoms with van der Waals surface area (Å²) >= 11 is 0. The van der Waals surface area contributed by atoms with Crippen LogP contribution in [0.3, 0.4) is 0 Å². The Morgan fingerprint density at radius 2 is 1.00 bits per heavy atom. The highest BCUT2D eigenvalue weighted by Gasteiger charge is 2.29. The molecule has 0 saturated heterocycles. The number of amides is 2. The Kier molecular flexibility index (Phi) is 8.69. The number of hydrogen-bond donors (Lipinski definition) is 4. The smallest absolute Gasteiger partial charge is 0.228 e. The third-order valence-corrected chi connectivity index (χ3v) is 8.12. The Labute approximate surface area is 238 Å². The van der Waals surface area contributed by atoms with Gasteiger partial charge in [-0.1, -0.05) is 86.0 Å². The molecule has 4 aromatic rings. The molecule has 0 aliphatic rings. The van der Waals surface area contributed by atoms with Gasteiger partial charge >= 0.3 is 0 Å². The largest absolute Gasteiger partial charge is 0.506 e. The lowest BCUT2D eigenvalue weighted by molar-refractivity contribution is -0.116. The second-order valence-corrected chi connectivity index (χ2v) is 11.0. The first-order valence-corrected chi connectivity index (χ1v) is 14.0. The third kappa shape index (κ3) is 6.71.